The number of aliphatic hydroxyl groups is 2. The van der Waals surface area contributed by atoms with E-state index in [4.69, 9.17) is 0 Å². The molecule has 4 aliphatic carbocycles. The summed E-state index contributed by atoms with van der Waals surface area (Å²) in [4.78, 5) is 11.8. The van der Waals surface area contributed by atoms with Crippen LogP contribution in [-0.4, -0.2) is 28.2 Å². The first-order valence-corrected chi connectivity index (χ1v) is 8.96. The molecule has 0 bridgehead atoms. The maximum Gasteiger partial charge on any atom is 0.155 e. The zero-order valence-corrected chi connectivity index (χ0v) is 13.7. The molecule has 3 fully saturated rings. The number of rotatable bonds is 0. The number of fused-ring (bicyclic) bond motifs is 5. The van der Waals surface area contributed by atoms with Gasteiger partial charge in [-0.25, -0.2) is 0 Å². The van der Waals surface area contributed by atoms with E-state index in [9.17, 15) is 15.0 Å². The highest BCUT2D eigenvalue weighted by molar-refractivity contribution is 5.91. The van der Waals surface area contributed by atoms with Crippen molar-refractivity contribution in [3.05, 3.63) is 11.6 Å². The molecule has 3 heteroatoms. The Bertz CT molecular complexity index is 539. The van der Waals surface area contributed by atoms with Crippen molar-refractivity contribution in [1.82, 2.24) is 0 Å². The quantitative estimate of drug-likeness (QED) is 0.723. The molecule has 122 valence electrons. The Hall–Kier alpha value is -0.670. The fraction of sp³-hybridized carbons (Fsp3) is 0.842. The number of aliphatic hydroxyl groups excluding tert-OH is 2. The van der Waals surface area contributed by atoms with E-state index in [1.807, 2.05) is 6.08 Å². The molecule has 7 atom stereocenters. The molecule has 0 spiro atoms. The van der Waals surface area contributed by atoms with Gasteiger partial charge in [0.15, 0.2) is 5.78 Å². The van der Waals surface area contributed by atoms with Crippen molar-refractivity contribution in [3.63, 3.8) is 0 Å². The van der Waals surface area contributed by atoms with Crippen molar-refractivity contribution in [3.8, 4) is 0 Å². The van der Waals surface area contributed by atoms with Gasteiger partial charge in [-0.15, -0.1) is 0 Å². The number of hydrogen-bond donors (Lipinski definition) is 2. The number of carbonyl (C=O) groups is 1. The maximum atomic E-state index is 11.8. The molecule has 0 aromatic heterocycles. The van der Waals surface area contributed by atoms with E-state index in [2.05, 4.69) is 13.8 Å². The van der Waals surface area contributed by atoms with E-state index in [1.165, 1.54) is 5.57 Å². The van der Waals surface area contributed by atoms with E-state index in [1.54, 1.807) is 0 Å². The highest BCUT2D eigenvalue weighted by atomic mass is 16.3. The highest BCUT2D eigenvalue weighted by Crippen LogP contribution is 2.65. The van der Waals surface area contributed by atoms with Gasteiger partial charge in [-0.1, -0.05) is 19.4 Å². The van der Waals surface area contributed by atoms with Crippen LogP contribution in [0.2, 0.25) is 0 Å². The summed E-state index contributed by atoms with van der Waals surface area (Å²) in [5.74, 6) is 1.96. The molecule has 0 aliphatic heterocycles. The molecule has 0 aromatic rings. The lowest BCUT2D eigenvalue weighted by molar-refractivity contribution is -0.118. The van der Waals surface area contributed by atoms with Crippen molar-refractivity contribution in [1.29, 1.82) is 0 Å². The SMILES string of the molecule is CC12CCC(=O)C=C1CCC1[C@@H]2CCC2(C)[C@H]1C[C@@H](O)[C@@H]2O. The standard InChI is InChI=1S/C19H28O3/c1-18-7-5-12(20)9-11(18)3-4-13-14(18)6-8-19(2)15(13)10-16(21)17(19)22/h9,13-17,21-22H,3-8,10H2,1-2H3/t13?,14-,15-,16+,17-,18?,19?/m0/s1. The van der Waals surface area contributed by atoms with Gasteiger partial charge in [-0.2, -0.15) is 0 Å². The molecule has 3 unspecified atom stereocenters. The predicted molar refractivity (Wildman–Crippen MR) is 84.1 cm³/mol. The Balaban J connectivity index is 1.69. The van der Waals surface area contributed by atoms with E-state index < -0.39 is 12.2 Å². The molecule has 0 saturated heterocycles. The van der Waals surface area contributed by atoms with Crippen LogP contribution in [0.3, 0.4) is 0 Å². The Labute approximate surface area is 132 Å². The van der Waals surface area contributed by atoms with Gasteiger partial charge in [0.1, 0.15) is 0 Å². The molecule has 22 heavy (non-hydrogen) atoms. The summed E-state index contributed by atoms with van der Waals surface area (Å²) in [5, 5.41) is 20.7. The lowest BCUT2D eigenvalue weighted by atomic mass is 9.47. The van der Waals surface area contributed by atoms with Crippen LogP contribution in [0.5, 0.6) is 0 Å². The lowest BCUT2D eigenvalue weighted by Gasteiger charge is -2.57. The van der Waals surface area contributed by atoms with Crippen LogP contribution >= 0.6 is 0 Å². The van der Waals surface area contributed by atoms with Gasteiger partial charge in [0, 0.05) is 6.42 Å². The smallest absolute Gasteiger partial charge is 0.155 e. The number of hydrogen-bond acceptors (Lipinski definition) is 3. The summed E-state index contributed by atoms with van der Waals surface area (Å²) in [5.41, 5.74) is 1.45. The minimum Gasteiger partial charge on any atom is -0.390 e. The molecule has 0 radical (unpaired) electrons. The van der Waals surface area contributed by atoms with Crippen LogP contribution in [0.25, 0.3) is 0 Å². The van der Waals surface area contributed by atoms with E-state index >= 15 is 0 Å². The Morgan fingerprint density at radius 2 is 1.86 bits per heavy atom. The van der Waals surface area contributed by atoms with Crippen molar-refractivity contribution in [2.24, 2.45) is 28.6 Å². The van der Waals surface area contributed by atoms with Crippen LogP contribution in [0.1, 0.15) is 58.8 Å². The summed E-state index contributed by atoms with van der Waals surface area (Å²) in [6, 6.07) is 0. The van der Waals surface area contributed by atoms with E-state index in [-0.39, 0.29) is 10.8 Å². The second-order valence-corrected chi connectivity index (χ2v) is 8.76. The first-order valence-electron chi connectivity index (χ1n) is 8.96. The van der Waals surface area contributed by atoms with Gasteiger partial charge in [-0.05, 0) is 73.2 Å². The number of carbonyl (C=O) groups excluding carboxylic acids is 1. The third-order valence-electron chi connectivity index (χ3n) is 7.94. The Morgan fingerprint density at radius 3 is 2.64 bits per heavy atom. The van der Waals surface area contributed by atoms with Gasteiger partial charge in [-0.3, -0.25) is 4.79 Å². The number of ketones is 1. The zero-order valence-electron chi connectivity index (χ0n) is 13.7. The normalized spacial score (nSPS) is 54.3. The Kier molecular flexibility index (Phi) is 3.16. The fourth-order valence-corrected chi connectivity index (χ4v) is 6.55. The second-order valence-electron chi connectivity index (χ2n) is 8.76. The monoisotopic (exact) mass is 304 g/mol. The molecule has 3 nitrogen and oxygen atoms in total. The van der Waals surface area contributed by atoms with Gasteiger partial charge in [0.2, 0.25) is 0 Å². The average Bonchev–Trinajstić information content (AvgIpc) is 2.72. The van der Waals surface area contributed by atoms with Crippen molar-refractivity contribution in [2.45, 2.75) is 71.0 Å². The summed E-state index contributed by atoms with van der Waals surface area (Å²) in [6.07, 6.45) is 7.56. The van der Waals surface area contributed by atoms with E-state index in [0.717, 1.165) is 38.5 Å². The Morgan fingerprint density at radius 1 is 1.09 bits per heavy atom. The van der Waals surface area contributed by atoms with Gasteiger partial charge in [0.05, 0.1) is 12.2 Å². The van der Waals surface area contributed by atoms with Crippen LogP contribution in [0.15, 0.2) is 11.6 Å². The molecule has 0 amide bonds. The second kappa shape index (κ2) is 4.67. The first kappa shape index (κ1) is 14.9. The topological polar surface area (TPSA) is 57.5 Å². The molecule has 0 heterocycles. The summed E-state index contributed by atoms with van der Waals surface area (Å²) >= 11 is 0. The first-order chi connectivity index (χ1) is 10.4. The predicted octanol–water partition coefficient (Wildman–Crippen LogP) is 2.85. The van der Waals surface area contributed by atoms with Crippen LogP contribution in [-0.2, 0) is 4.79 Å². The summed E-state index contributed by atoms with van der Waals surface area (Å²) < 4.78 is 0. The molecule has 4 rings (SSSR count). The van der Waals surface area contributed by atoms with Crippen molar-refractivity contribution in [2.75, 3.05) is 0 Å². The molecular formula is C19H28O3. The maximum absolute atomic E-state index is 11.8. The van der Waals surface area contributed by atoms with Crippen molar-refractivity contribution >= 4 is 5.78 Å². The van der Waals surface area contributed by atoms with Crippen LogP contribution in [0.4, 0.5) is 0 Å². The zero-order chi connectivity index (χ0) is 15.7. The minimum atomic E-state index is -0.559. The van der Waals surface area contributed by atoms with Crippen molar-refractivity contribution < 1.29 is 15.0 Å². The fourth-order valence-electron chi connectivity index (χ4n) is 6.55. The third kappa shape index (κ3) is 1.78. The number of allylic oxidation sites excluding steroid dienone is 1. The largest absolute Gasteiger partial charge is 0.390 e. The summed E-state index contributed by atoms with van der Waals surface area (Å²) in [7, 11) is 0. The average molecular weight is 304 g/mol. The molecule has 2 N–H and O–H groups in total. The molecular weight excluding hydrogens is 276 g/mol. The molecule has 3 saturated carbocycles. The molecule has 0 aromatic carbocycles. The van der Waals surface area contributed by atoms with Gasteiger partial charge in [0.25, 0.3) is 0 Å². The lowest BCUT2D eigenvalue weighted by Crippen LogP contribution is -2.51. The minimum absolute atomic E-state index is 0.108. The third-order valence-corrected chi connectivity index (χ3v) is 7.94. The molecule has 4 aliphatic rings. The van der Waals surface area contributed by atoms with E-state index in [0.29, 0.717) is 30.0 Å². The highest BCUT2D eigenvalue weighted by Gasteiger charge is 2.60. The van der Waals surface area contributed by atoms with Crippen LogP contribution in [0, 0.1) is 28.6 Å². The summed E-state index contributed by atoms with van der Waals surface area (Å²) in [6.45, 7) is 4.55. The van der Waals surface area contributed by atoms with Gasteiger partial charge < -0.3 is 10.2 Å². The van der Waals surface area contributed by atoms with Crippen LogP contribution < -0.4 is 0 Å². The van der Waals surface area contributed by atoms with Gasteiger partial charge >= 0.3 is 0 Å².